The van der Waals surface area contributed by atoms with Crippen LogP contribution in [0.1, 0.15) is 25.6 Å². The van der Waals surface area contributed by atoms with Crippen LogP contribution in [0.25, 0.3) is 0 Å². The summed E-state index contributed by atoms with van der Waals surface area (Å²) in [4.78, 5) is 4.38. The molecule has 18 heavy (non-hydrogen) atoms. The van der Waals surface area contributed by atoms with Crippen LogP contribution in [0, 0.1) is 0 Å². The zero-order valence-electron chi connectivity index (χ0n) is 11.3. The van der Waals surface area contributed by atoms with Crippen molar-refractivity contribution in [3.8, 4) is 0 Å². The van der Waals surface area contributed by atoms with Gasteiger partial charge in [0.1, 0.15) is 5.82 Å². The Bertz CT molecular complexity index is 372. The highest BCUT2D eigenvalue weighted by atomic mass is 16.5. The second-order valence-corrected chi connectivity index (χ2v) is 4.82. The van der Waals surface area contributed by atoms with Crippen LogP contribution in [-0.2, 0) is 22.4 Å². The molecule has 2 N–H and O–H groups in total. The first-order valence-electron chi connectivity index (χ1n) is 6.60. The van der Waals surface area contributed by atoms with Crippen molar-refractivity contribution in [2.75, 3.05) is 20.3 Å². The van der Waals surface area contributed by atoms with E-state index >= 15 is 0 Å². The lowest BCUT2D eigenvalue weighted by atomic mass is 9.84. The normalized spacial score (nSPS) is 20.8. The first kappa shape index (κ1) is 13.5. The minimum atomic E-state index is -0.261. The van der Waals surface area contributed by atoms with Gasteiger partial charge in [-0.3, -0.25) is 0 Å². The van der Waals surface area contributed by atoms with Crippen molar-refractivity contribution < 1.29 is 9.47 Å². The summed E-state index contributed by atoms with van der Waals surface area (Å²) in [7, 11) is 1.75. The average molecular weight is 253 g/mol. The van der Waals surface area contributed by atoms with Gasteiger partial charge in [0.2, 0.25) is 0 Å². The number of ether oxygens (including phenoxy) is 2. The van der Waals surface area contributed by atoms with Crippen LogP contribution in [0.2, 0.25) is 0 Å². The van der Waals surface area contributed by atoms with Crippen LogP contribution < -0.4 is 5.73 Å². The fourth-order valence-electron chi connectivity index (χ4n) is 2.64. The Morgan fingerprint density at radius 3 is 2.89 bits per heavy atom. The van der Waals surface area contributed by atoms with Crippen molar-refractivity contribution in [3.63, 3.8) is 0 Å². The van der Waals surface area contributed by atoms with Gasteiger partial charge in [-0.25, -0.2) is 4.98 Å². The minimum absolute atomic E-state index is 0.0425. The van der Waals surface area contributed by atoms with Crippen molar-refractivity contribution in [3.05, 3.63) is 18.2 Å². The molecule has 0 aliphatic carbocycles. The maximum Gasteiger partial charge on any atom is 0.110 e. The van der Waals surface area contributed by atoms with E-state index in [4.69, 9.17) is 15.2 Å². The van der Waals surface area contributed by atoms with Gasteiger partial charge in [-0.05, 0) is 6.92 Å². The second kappa shape index (κ2) is 5.82. The fraction of sp³-hybridized carbons (Fsp3) is 0.769. The molecule has 1 aromatic heterocycles. The molecule has 1 unspecified atom stereocenters. The highest BCUT2D eigenvalue weighted by Crippen LogP contribution is 2.28. The number of aromatic nitrogens is 2. The third-order valence-corrected chi connectivity index (χ3v) is 3.97. The van der Waals surface area contributed by atoms with E-state index in [0.717, 1.165) is 44.8 Å². The summed E-state index contributed by atoms with van der Waals surface area (Å²) in [5.41, 5.74) is 6.11. The van der Waals surface area contributed by atoms with Crippen LogP contribution >= 0.6 is 0 Å². The maximum absolute atomic E-state index is 6.37. The standard InChI is InChI=1S/C13H23N3O2/c1-3-16-7-6-15-12(16)10-11(14)13(17-2)4-8-18-9-5-13/h6-7,11H,3-5,8-10,14H2,1-2H3. The lowest BCUT2D eigenvalue weighted by molar-refractivity contribution is -0.104. The first-order valence-corrected chi connectivity index (χ1v) is 6.60. The smallest absolute Gasteiger partial charge is 0.110 e. The number of aryl methyl sites for hydroxylation is 1. The van der Waals surface area contributed by atoms with Crippen molar-refractivity contribution in [1.29, 1.82) is 0 Å². The van der Waals surface area contributed by atoms with Gasteiger partial charge in [-0.15, -0.1) is 0 Å². The molecular weight excluding hydrogens is 230 g/mol. The molecule has 2 rings (SSSR count). The lowest BCUT2D eigenvalue weighted by Gasteiger charge is -2.40. The monoisotopic (exact) mass is 253 g/mol. The molecule has 0 spiro atoms. The quantitative estimate of drug-likeness (QED) is 0.849. The van der Waals surface area contributed by atoms with E-state index in [2.05, 4.69) is 16.5 Å². The minimum Gasteiger partial charge on any atom is -0.381 e. The van der Waals surface area contributed by atoms with E-state index in [1.165, 1.54) is 0 Å². The van der Waals surface area contributed by atoms with Crippen molar-refractivity contribution in [2.45, 2.75) is 44.4 Å². The number of nitrogens with zero attached hydrogens (tertiary/aromatic N) is 2. The lowest BCUT2D eigenvalue weighted by Crippen LogP contribution is -2.54. The van der Waals surface area contributed by atoms with Gasteiger partial charge in [-0.2, -0.15) is 0 Å². The van der Waals surface area contributed by atoms with Crippen LogP contribution in [0.4, 0.5) is 0 Å². The fourth-order valence-corrected chi connectivity index (χ4v) is 2.64. The van der Waals surface area contributed by atoms with E-state index in [0.29, 0.717) is 0 Å². The number of hydrogen-bond acceptors (Lipinski definition) is 4. The Kier molecular flexibility index (Phi) is 4.37. The zero-order chi connectivity index (χ0) is 13.0. The summed E-state index contributed by atoms with van der Waals surface area (Å²) in [6, 6.07) is -0.0425. The van der Waals surface area contributed by atoms with Crippen LogP contribution in [0.15, 0.2) is 12.4 Å². The van der Waals surface area contributed by atoms with E-state index in [9.17, 15) is 0 Å². The molecule has 0 radical (unpaired) electrons. The van der Waals surface area contributed by atoms with Crippen molar-refractivity contribution in [1.82, 2.24) is 9.55 Å². The number of nitrogens with two attached hydrogens (primary N) is 1. The van der Waals surface area contributed by atoms with Gasteiger partial charge in [0, 0.05) is 64.6 Å². The van der Waals surface area contributed by atoms with Gasteiger partial charge in [-0.1, -0.05) is 0 Å². The molecule has 1 atom stereocenters. The largest absolute Gasteiger partial charge is 0.381 e. The molecule has 0 aromatic carbocycles. The number of hydrogen-bond donors (Lipinski definition) is 1. The van der Waals surface area contributed by atoms with E-state index in [1.54, 1.807) is 7.11 Å². The molecule has 5 heteroatoms. The molecule has 0 amide bonds. The van der Waals surface area contributed by atoms with Gasteiger partial charge < -0.3 is 19.8 Å². The summed E-state index contributed by atoms with van der Waals surface area (Å²) in [5.74, 6) is 1.04. The third-order valence-electron chi connectivity index (χ3n) is 3.97. The zero-order valence-corrected chi connectivity index (χ0v) is 11.3. The SMILES string of the molecule is CCn1ccnc1CC(N)C1(OC)CCOCC1. The van der Waals surface area contributed by atoms with Crippen LogP contribution in [-0.4, -0.2) is 41.5 Å². The first-order chi connectivity index (χ1) is 8.72. The summed E-state index contributed by atoms with van der Waals surface area (Å²) >= 11 is 0. The predicted octanol–water partition coefficient (Wildman–Crippen LogP) is 0.968. The van der Waals surface area contributed by atoms with Crippen LogP contribution in [0.5, 0.6) is 0 Å². The van der Waals surface area contributed by atoms with Gasteiger partial charge in [0.25, 0.3) is 0 Å². The van der Waals surface area contributed by atoms with Crippen LogP contribution in [0.3, 0.4) is 0 Å². The van der Waals surface area contributed by atoms with Gasteiger partial charge in [0.15, 0.2) is 0 Å². The Balaban J connectivity index is 2.07. The van der Waals surface area contributed by atoms with Gasteiger partial charge >= 0.3 is 0 Å². The number of rotatable bonds is 5. The molecule has 102 valence electrons. The summed E-state index contributed by atoms with van der Waals surface area (Å²) in [6.07, 6.45) is 6.28. The van der Waals surface area contributed by atoms with Crippen molar-refractivity contribution >= 4 is 0 Å². The third kappa shape index (κ3) is 2.58. The van der Waals surface area contributed by atoms with E-state index in [1.807, 2.05) is 12.4 Å². The average Bonchev–Trinajstić information content (AvgIpc) is 2.86. The highest BCUT2D eigenvalue weighted by Gasteiger charge is 2.39. The Morgan fingerprint density at radius 1 is 1.56 bits per heavy atom. The molecule has 1 aromatic rings. The molecule has 0 bridgehead atoms. The molecule has 1 aliphatic heterocycles. The molecule has 1 saturated heterocycles. The Morgan fingerprint density at radius 2 is 2.28 bits per heavy atom. The topological polar surface area (TPSA) is 62.3 Å². The summed E-state index contributed by atoms with van der Waals surface area (Å²) in [5, 5.41) is 0. The maximum atomic E-state index is 6.37. The van der Waals surface area contributed by atoms with E-state index < -0.39 is 0 Å². The summed E-state index contributed by atoms with van der Waals surface area (Å²) in [6.45, 7) is 4.48. The molecule has 1 fully saturated rings. The molecular formula is C13H23N3O2. The van der Waals surface area contributed by atoms with Crippen molar-refractivity contribution in [2.24, 2.45) is 5.73 Å². The molecule has 5 nitrogen and oxygen atoms in total. The number of methoxy groups -OCH3 is 1. The predicted molar refractivity (Wildman–Crippen MR) is 69.4 cm³/mol. The summed E-state index contributed by atoms with van der Waals surface area (Å²) < 4.78 is 13.2. The molecule has 1 aliphatic rings. The number of imidazole rings is 1. The molecule has 0 saturated carbocycles. The highest BCUT2D eigenvalue weighted by molar-refractivity contribution is 5.02. The Hall–Kier alpha value is -0.910. The van der Waals surface area contributed by atoms with Gasteiger partial charge in [0.05, 0.1) is 5.60 Å². The van der Waals surface area contributed by atoms with E-state index in [-0.39, 0.29) is 11.6 Å². The molecule has 2 heterocycles. The second-order valence-electron chi connectivity index (χ2n) is 4.82. The Labute approximate surface area is 108 Å².